The minimum Gasteiger partial charge on any atom is -0.311 e. The molecule has 1 fully saturated rings. The van der Waals surface area contributed by atoms with Crippen molar-refractivity contribution < 1.29 is 4.39 Å². The number of hydrogen-bond donors (Lipinski definition) is 1. The highest BCUT2D eigenvalue weighted by atomic mass is 35.5. The zero-order chi connectivity index (χ0) is 13.2. The predicted molar refractivity (Wildman–Crippen MR) is 73.4 cm³/mol. The Balaban J connectivity index is 1.90. The first kappa shape index (κ1) is 13.8. The molecule has 2 nitrogen and oxygen atoms in total. The van der Waals surface area contributed by atoms with Crippen molar-refractivity contribution in [2.24, 2.45) is 0 Å². The summed E-state index contributed by atoms with van der Waals surface area (Å²) in [7, 11) is 4.24. The molecule has 1 aliphatic carbocycles. The first-order chi connectivity index (χ1) is 8.55. The van der Waals surface area contributed by atoms with Gasteiger partial charge in [-0.15, -0.1) is 0 Å². The van der Waals surface area contributed by atoms with Gasteiger partial charge in [0.15, 0.2) is 0 Å². The molecule has 4 heteroatoms. The van der Waals surface area contributed by atoms with Crippen molar-refractivity contribution in [3.63, 3.8) is 0 Å². The van der Waals surface area contributed by atoms with Crippen LogP contribution < -0.4 is 5.32 Å². The molecule has 2 rings (SSSR count). The lowest BCUT2D eigenvalue weighted by Crippen LogP contribution is -2.56. The van der Waals surface area contributed by atoms with Crippen molar-refractivity contribution >= 4 is 11.6 Å². The Hall–Kier alpha value is -0.640. The zero-order valence-electron chi connectivity index (χ0n) is 11.0. The molecule has 0 bridgehead atoms. The molecule has 0 unspecified atom stereocenters. The van der Waals surface area contributed by atoms with Crippen LogP contribution in [0.2, 0.25) is 5.02 Å². The van der Waals surface area contributed by atoms with Crippen LogP contribution in [-0.4, -0.2) is 31.1 Å². The van der Waals surface area contributed by atoms with Gasteiger partial charge in [0.1, 0.15) is 5.82 Å². The summed E-state index contributed by atoms with van der Waals surface area (Å²) in [6.07, 6.45) is 3.74. The molecule has 0 saturated heterocycles. The topological polar surface area (TPSA) is 15.3 Å². The number of nitrogens with zero attached hydrogens (tertiary/aromatic N) is 1. The largest absolute Gasteiger partial charge is 0.311 e. The van der Waals surface area contributed by atoms with Gasteiger partial charge in [-0.3, -0.25) is 0 Å². The highest BCUT2D eigenvalue weighted by Crippen LogP contribution is 2.35. The Kier molecular flexibility index (Phi) is 4.25. The second kappa shape index (κ2) is 5.55. The van der Waals surface area contributed by atoms with Crippen molar-refractivity contribution in [2.75, 3.05) is 20.6 Å². The number of halogens is 2. The van der Waals surface area contributed by atoms with Gasteiger partial charge in [0.05, 0.1) is 5.02 Å². The van der Waals surface area contributed by atoms with Gasteiger partial charge in [0.25, 0.3) is 0 Å². The summed E-state index contributed by atoms with van der Waals surface area (Å²) in [6.45, 7) is 1.54. The standard InChI is InChI=1S/C14H20ClFN2/c1-18(2)14(7-4-8-14)10-17-9-11-5-3-6-12(16)13(11)15/h3,5-6,17H,4,7-10H2,1-2H3. The molecule has 18 heavy (non-hydrogen) atoms. The molecule has 1 aromatic carbocycles. The van der Waals surface area contributed by atoms with Gasteiger partial charge < -0.3 is 10.2 Å². The summed E-state index contributed by atoms with van der Waals surface area (Å²) in [6, 6.07) is 4.95. The third kappa shape index (κ3) is 2.68. The average Bonchev–Trinajstić information content (AvgIpc) is 2.27. The fraction of sp³-hybridized carbons (Fsp3) is 0.571. The molecule has 1 N–H and O–H groups in total. The summed E-state index contributed by atoms with van der Waals surface area (Å²) in [4.78, 5) is 2.29. The molecule has 0 spiro atoms. The van der Waals surface area contributed by atoms with E-state index in [2.05, 4.69) is 24.3 Å². The first-order valence-electron chi connectivity index (χ1n) is 6.36. The third-order valence-electron chi connectivity index (χ3n) is 4.03. The van der Waals surface area contributed by atoms with Gasteiger partial charge in [-0.2, -0.15) is 0 Å². The molecule has 1 saturated carbocycles. The fourth-order valence-corrected chi connectivity index (χ4v) is 2.67. The number of nitrogens with one attached hydrogen (secondary N) is 1. The summed E-state index contributed by atoms with van der Waals surface area (Å²) in [5.41, 5.74) is 1.10. The molecule has 0 aliphatic heterocycles. The number of rotatable bonds is 5. The molecule has 100 valence electrons. The van der Waals surface area contributed by atoms with Crippen LogP contribution in [0.4, 0.5) is 4.39 Å². The molecule has 0 radical (unpaired) electrons. The second-order valence-electron chi connectivity index (χ2n) is 5.29. The number of likely N-dealkylation sites (N-methyl/N-ethyl adjacent to an activating group) is 1. The first-order valence-corrected chi connectivity index (χ1v) is 6.74. The van der Waals surface area contributed by atoms with Gasteiger partial charge in [0.2, 0.25) is 0 Å². The molecular weight excluding hydrogens is 251 g/mol. The minimum absolute atomic E-state index is 0.234. The van der Waals surface area contributed by atoms with E-state index in [1.54, 1.807) is 6.07 Å². The van der Waals surface area contributed by atoms with Gasteiger partial charge >= 0.3 is 0 Å². The summed E-state index contributed by atoms with van der Waals surface area (Å²) in [5, 5.41) is 3.63. The lowest BCUT2D eigenvalue weighted by atomic mass is 9.75. The van der Waals surface area contributed by atoms with E-state index in [4.69, 9.17) is 11.6 Å². The maximum Gasteiger partial charge on any atom is 0.142 e. The van der Waals surface area contributed by atoms with E-state index in [0.717, 1.165) is 12.1 Å². The molecule has 1 aromatic rings. The van der Waals surface area contributed by atoms with Crippen molar-refractivity contribution in [1.82, 2.24) is 10.2 Å². The van der Waals surface area contributed by atoms with Crippen LogP contribution in [0.1, 0.15) is 24.8 Å². The van der Waals surface area contributed by atoms with Crippen LogP contribution in [0.15, 0.2) is 18.2 Å². The van der Waals surface area contributed by atoms with E-state index in [-0.39, 0.29) is 16.4 Å². The highest BCUT2D eigenvalue weighted by molar-refractivity contribution is 6.31. The Morgan fingerprint density at radius 1 is 1.39 bits per heavy atom. The van der Waals surface area contributed by atoms with E-state index in [0.29, 0.717) is 6.54 Å². The smallest absolute Gasteiger partial charge is 0.142 e. The Labute approximate surface area is 113 Å². The number of hydrogen-bond acceptors (Lipinski definition) is 2. The molecule has 0 aromatic heterocycles. The lowest BCUT2D eigenvalue weighted by molar-refractivity contribution is 0.0598. The molecule has 0 heterocycles. The Morgan fingerprint density at radius 3 is 2.67 bits per heavy atom. The summed E-state index contributed by atoms with van der Waals surface area (Å²) < 4.78 is 13.3. The Morgan fingerprint density at radius 2 is 2.11 bits per heavy atom. The van der Waals surface area contributed by atoms with E-state index >= 15 is 0 Å². The average molecular weight is 271 g/mol. The van der Waals surface area contributed by atoms with Gasteiger partial charge in [-0.1, -0.05) is 23.7 Å². The monoisotopic (exact) mass is 270 g/mol. The van der Waals surface area contributed by atoms with Crippen LogP contribution in [0.3, 0.4) is 0 Å². The molecule has 0 amide bonds. The number of benzene rings is 1. The van der Waals surface area contributed by atoms with Gasteiger partial charge in [0, 0.05) is 18.6 Å². The van der Waals surface area contributed by atoms with Gasteiger partial charge in [-0.05, 0) is 45.0 Å². The van der Waals surface area contributed by atoms with E-state index < -0.39 is 0 Å². The lowest BCUT2D eigenvalue weighted by Gasteiger charge is -2.47. The van der Waals surface area contributed by atoms with Crippen molar-refractivity contribution in [1.29, 1.82) is 0 Å². The van der Waals surface area contributed by atoms with E-state index in [1.165, 1.54) is 25.3 Å². The molecule has 1 aliphatic rings. The third-order valence-corrected chi connectivity index (χ3v) is 4.46. The van der Waals surface area contributed by atoms with Crippen LogP contribution in [-0.2, 0) is 6.54 Å². The van der Waals surface area contributed by atoms with E-state index in [9.17, 15) is 4.39 Å². The SMILES string of the molecule is CN(C)C1(CNCc2cccc(F)c2Cl)CCC1. The van der Waals surface area contributed by atoms with Crippen LogP contribution >= 0.6 is 11.6 Å². The summed E-state index contributed by atoms with van der Waals surface area (Å²) >= 11 is 5.93. The highest BCUT2D eigenvalue weighted by Gasteiger charge is 2.38. The quantitative estimate of drug-likeness (QED) is 0.885. The van der Waals surface area contributed by atoms with Crippen LogP contribution in [0.25, 0.3) is 0 Å². The molecular formula is C14H20ClFN2. The predicted octanol–water partition coefficient (Wildman–Crippen LogP) is 3.05. The van der Waals surface area contributed by atoms with Crippen molar-refractivity contribution in [2.45, 2.75) is 31.3 Å². The van der Waals surface area contributed by atoms with Crippen LogP contribution in [0, 0.1) is 5.82 Å². The van der Waals surface area contributed by atoms with Gasteiger partial charge in [-0.25, -0.2) is 4.39 Å². The van der Waals surface area contributed by atoms with Crippen LogP contribution in [0.5, 0.6) is 0 Å². The fourth-order valence-electron chi connectivity index (χ4n) is 2.48. The van der Waals surface area contributed by atoms with Crippen molar-refractivity contribution in [3.05, 3.63) is 34.6 Å². The molecule has 0 atom stereocenters. The minimum atomic E-state index is -0.345. The van der Waals surface area contributed by atoms with E-state index in [1.807, 2.05) is 6.07 Å². The summed E-state index contributed by atoms with van der Waals surface area (Å²) in [5.74, 6) is -0.345. The Bertz CT molecular complexity index is 416. The maximum atomic E-state index is 13.3. The second-order valence-corrected chi connectivity index (χ2v) is 5.67. The van der Waals surface area contributed by atoms with Crippen molar-refractivity contribution in [3.8, 4) is 0 Å². The normalized spacial score (nSPS) is 17.8. The maximum absolute atomic E-state index is 13.3. The zero-order valence-corrected chi connectivity index (χ0v) is 11.7.